The number of H-pyrrole nitrogens is 1. The van der Waals surface area contributed by atoms with Crippen LogP contribution in [0.15, 0.2) is 55.1 Å². The van der Waals surface area contributed by atoms with Crippen molar-refractivity contribution in [3.8, 4) is 0 Å². The summed E-state index contributed by atoms with van der Waals surface area (Å²) in [5.41, 5.74) is 4.36. The van der Waals surface area contributed by atoms with E-state index in [4.69, 9.17) is 16.3 Å². The molecule has 2 aliphatic rings. The Morgan fingerprint density at radius 1 is 1.24 bits per heavy atom. The number of pyridine rings is 1. The number of hydrogen-bond acceptors (Lipinski definition) is 4. The molecule has 190 valence electrons. The normalized spacial score (nSPS) is 19.6. The Kier molecular flexibility index (Phi) is 6.18. The zero-order chi connectivity index (χ0) is 25.5. The van der Waals surface area contributed by atoms with Gasteiger partial charge in [0, 0.05) is 42.3 Å². The summed E-state index contributed by atoms with van der Waals surface area (Å²) < 4.78 is 21.5. The molecule has 37 heavy (non-hydrogen) atoms. The lowest BCUT2D eigenvalue weighted by molar-refractivity contribution is 0.0655. The Labute approximate surface area is 217 Å². The number of ether oxygens (including phenoxy) is 1. The molecule has 0 radical (unpaired) electrons. The monoisotopic (exact) mass is 521 g/mol. The van der Waals surface area contributed by atoms with Crippen LogP contribution in [0.1, 0.15) is 50.0 Å². The largest absolute Gasteiger partial charge is 0.376 e. The Balaban J connectivity index is 1.29. The second kappa shape index (κ2) is 9.64. The van der Waals surface area contributed by atoms with Gasteiger partial charge in [0.1, 0.15) is 11.5 Å². The van der Waals surface area contributed by atoms with Crippen LogP contribution >= 0.6 is 11.6 Å². The SMILES string of the molecule is O=C(N[C@@H]1CN(C(=O)c2cccn3cncc23)CC[C@H]1c1cc(F)cc(Cl)c1)c1cc2c([nH]1)CCOC2. The quantitative estimate of drug-likeness (QED) is 0.425. The van der Waals surface area contributed by atoms with Crippen LogP contribution in [0.3, 0.4) is 0 Å². The lowest BCUT2D eigenvalue weighted by Crippen LogP contribution is -2.53. The van der Waals surface area contributed by atoms with Crippen molar-refractivity contribution in [2.45, 2.75) is 31.4 Å². The number of nitrogens with zero attached hydrogens (tertiary/aromatic N) is 3. The summed E-state index contributed by atoms with van der Waals surface area (Å²) in [6, 6.07) is 9.37. The second-order valence-electron chi connectivity index (χ2n) is 9.53. The number of likely N-dealkylation sites (tertiary alicyclic amines) is 1. The Morgan fingerprint density at radius 2 is 2.14 bits per heavy atom. The molecular formula is C27H25ClFN5O3. The number of hydrogen-bond donors (Lipinski definition) is 2. The van der Waals surface area contributed by atoms with Gasteiger partial charge in [-0.2, -0.15) is 0 Å². The van der Waals surface area contributed by atoms with Crippen LogP contribution in [0, 0.1) is 5.82 Å². The van der Waals surface area contributed by atoms with E-state index in [-0.39, 0.29) is 24.3 Å². The molecule has 2 aliphatic heterocycles. The minimum Gasteiger partial charge on any atom is -0.376 e. The average molecular weight is 522 g/mol. The molecule has 0 unspecified atom stereocenters. The first kappa shape index (κ1) is 23.7. The summed E-state index contributed by atoms with van der Waals surface area (Å²) in [5, 5.41) is 3.41. The van der Waals surface area contributed by atoms with Gasteiger partial charge in [0.05, 0.1) is 42.9 Å². The van der Waals surface area contributed by atoms with Gasteiger partial charge in [0.25, 0.3) is 11.8 Å². The lowest BCUT2D eigenvalue weighted by atomic mass is 9.84. The van der Waals surface area contributed by atoms with Crippen molar-refractivity contribution < 1.29 is 18.7 Å². The topological polar surface area (TPSA) is 91.7 Å². The minimum absolute atomic E-state index is 0.145. The summed E-state index contributed by atoms with van der Waals surface area (Å²) in [4.78, 5) is 36.0. The van der Waals surface area contributed by atoms with Crippen LogP contribution in [-0.2, 0) is 17.8 Å². The minimum atomic E-state index is -0.454. The van der Waals surface area contributed by atoms with Gasteiger partial charge in [-0.15, -0.1) is 0 Å². The maximum absolute atomic E-state index is 14.3. The average Bonchev–Trinajstić information content (AvgIpc) is 3.55. The first-order valence-electron chi connectivity index (χ1n) is 12.2. The van der Waals surface area contributed by atoms with E-state index < -0.39 is 11.9 Å². The van der Waals surface area contributed by atoms with Gasteiger partial charge >= 0.3 is 0 Å². The van der Waals surface area contributed by atoms with E-state index in [9.17, 15) is 14.0 Å². The molecule has 1 saturated heterocycles. The zero-order valence-corrected chi connectivity index (χ0v) is 20.7. The third-order valence-corrected chi connectivity index (χ3v) is 7.42. The standard InChI is InChI=1S/C27H25ClFN5O3/c28-18-8-16(9-19(29)11-18)20-3-6-33(27(36)21-2-1-5-34-15-30-12-25(21)34)13-24(20)32-26(35)23-10-17-14-37-7-4-22(17)31-23/h1-2,5,8-12,15,20,24,31H,3-4,6-7,13-14H2,(H,32,35)/t20-,24+/m0/s1. The molecular weight excluding hydrogens is 497 g/mol. The van der Waals surface area contributed by atoms with E-state index in [0.29, 0.717) is 53.5 Å². The highest BCUT2D eigenvalue weighted by Gasteiger charge is 2.35. The first-order chi connectivity index (χ1) is 18.0. The number of halogens is 2. The van der Waals surface area contributed by atoms with Gasteiger partial charge in [-0.05, 0) is 53.9 Å². The summed E-state index contributed by atoms with van der Waals surface area (Å²) >= 11 is 6.16. The van der Waals surface area contributed by atoms with Crippen molar-refractivity contribution in [1.82, 2.24) is 24.6 Å². The Bertz CT molecular complexity index is 1450. The molecule has 10 heteroatoms. The number of fused-ring (bicyclic) bond motifs is 2. The van der Waals surface area contributed by atoms with Crippen molar-refractivity contribution >= 4 is 28.9 Å². The summed E-state index contributed by atoms with van der Waals surface area (Å²) in [6.45, 7) is 1.80. The number of benzene rings is 1. The van der Waals surface area contributed by atoms with Crippen LogP contribution in [-0.4, -0.2) is 56.8 Å². The predicted molar refractivity (Wildman–Crippen MR) is 135 cm³/mol. The molecule has 0 spiro atoms. The fourth-order valence-corrected chi connectivity index (χ4v) is 5.62. The highest BCUT2D eigenvalue weighted by molar-refractivity contribution is 6.30. The molecule has 3 aromatic heterocycles. The second-order valence-corrected chi connectivity index (χ2v) is 9.96. The van der Waals surface area contributed by atoms with Crippen molar-refractivity contribution in [1.29, 1.82) is 0 Å². The van der Waals surface area contributed by atoms with Crippen molar-refractivity contribution in [2.75, 3.05) is 19.7 Å². The number of aromatic amines is 1. The van der Waals surface area contributed by atoms with Crippen LogP contribution in [0.4, 0.5) is 4.39 Å². The van der Waals surface area contributed by atoms with Crippen LogP contribution in [0.5, 0.6) is 0 Å². The number of rotatable bonds is 4. The van der Waals surface area contributed by atoms with Crippen molar-refractivity contribution in [3.63, 3.8) is 0 Å². The fourth-order valence-electron chi connectivity index (χ4n) is 5.39. The van der Waals surface area contributed by atoms with E-state index in [1.165, 1.54) is 12.1 Å². The molecule has 2 amide bonds. The third kappa shape index (κ3) is 4.60. The summed E-state index contributed by atoms with van der Waals surface area (Å²) in [7, 11) is 0. The number of imidazole rings is 1. The van der Waals surface area contributed by atoms with Crippen LogP contribution in [0.2, 0.25) is 5.02 Å². The molecule has 0 bridgehead atoms. The van der Waals surface area contributed by atoms with Gasteiger partial charge in [-0.3, -0.25) is 9.59 Å². The van der Waals surface area contributed by atoms with E-state index in [2.05, 4.69) is 15.3 Å². The van der Waals surface area contributed by atoms with Crippen LogP contribution in [0.25, 0.3) is 5.52 Å². The van der Waals surface area contributed by atoms with Crippen LogP contribution < -0.4 is 5.32 Å². The predicted octanol–water partition coefficient (Wildman–Crippen LogP) is 3.96. The molecule has 4 aromatic rings. The number of carbonyl (C=O) groups excluding carboxylic acids is 2. The number of carbonyl (C=O) groups is 2. The number of amides is 2. The third-order valence-electron chi connectivity index (χ3n) is 7.20. The summed E-state index contributed by atoms with van der Waals surface area (Å²) in [6.07, 6.45) is 6.40. The highest BCUT2D eigenvalue weighted by atomic mass is 35.5. The van der Waals surface area contributed by atoms with Gasteiger partial charge in [0.2, 0.25) is 0 Å². The van der Waals surface area contributed by atoms with Gasteiger partial charge < -0.3 is 24.3 Å². The molecule has 5 heterocycles. The molecule has 8 nitrogen and oxygen atoms in total. The molecule has 1 aromatic carbocycles. The number of piperidine rings is 1. The molecule has 0 aliphatic carbocycles. The first-order valence-corrected chi connectivity index (χ1v) is 12.6. The smallest absolute Gasteiger partial charge is 0.268 e. The number of aromatic nitrogens is 3. The Hall–Kier alpha value is -3.69. The fraction of sp³-hybridized carbons (Fsp3) is 0.296. The zero-order valence-electron chi connectivity index (χ0n) is 19.9. The van der Waals surface area contributed by atoms with Gasteiger partial charge in [0.15, 0.2) is 0 Å². The van der Waals surface area contributed by atoms with Crippen molar-refractivity contribution in [3.05, 3.63) is 94.0 Å². The maximum Gasteiger partial charge on any atom is 0.268 e. The maximum atomic E-state index is 14.3. The van der Waals surface area contributed by atoms with E-state index in [1.807, 2.05) is 12.3 Å². The van der Waals surface area contributed by atoms with Gasteiger partial charge in [-0.25, -0.2) is 9.37 Å². The van der Waals surface area contributed by atoms with Gasteiger partial charge in [-0.1, -0.05) is 11.6 Å². The van der Waals surface area contributed by atoms with E-state index in [1.54, 1.807) is 40.0 Å². The number of nitrogens with one attached hydrogen (secondary N) is 2. The van der Waals surface area contributed by atoms with E-state index >= 15 is 0 Å². The molecule has 2 atom stereocenters. The molecule has 1 fully saturated rings. The molecule has 6 rings (SSSR count). The highest BCUT2D eigenvalue weighted by Crippen LogP contribution is 2.32. The lowest BCUT2D eigenvalue weighted by Gasteiger charge is -2.39. The van der Waals surface area contributed by atoms with Crippen molar-refractivity contribution in [2.24, 2.45) is 0 Å². The molecule has 0 saturated carbocycles. The Morgan fingerprint density at radius 3 is 2.97 bits per heavy atom. The molecule has 2 N–H and O–H groups in total. The summed E-state index contributed by atoms with van der Waals surface area (Å²) in [5.74, 6) is -1.08. The van der Waals surface area contributed by atoms with E-state index in [0.717, 1.165) is 17.7 Å².